The van der Waals surface area contributed by atoms with Crippen LogP contribution in [0, 0.1) is 6.92 Å². The number of aliphatic imine (C=N–C) groups is 1. The second-order valence-electron chi connectivity index (χ2n) is 8.03. The first-order valence-corrected chi connectivity index (χ1v) is 12.1. The molecule has 0 fully saturated rings. The van der Waals surface area contributed by atoms with Crippen LogP contribution in [0.5, 0.6) is 0 Å². The minimum Gasteiger partial charge on any atom is -0.335 e. The Labute approximate surface area is 209 Å². The SMILES string of the molecule is Cc1cc(C2CSC(Nc3ccc(-c4ncn(-c5ccc(C(F)(F)F)cc5)n4)cc3)=N2)ccc1Cl. The Morgan fingerprint density at radius 1 is 1.03 bits per heavy atom. The van der Waals surface area contributed by atoms with Crippen molar-refractivity contribution < 1.29 is 13.2 Å². The Hall–Kier alpha value is -3.30. The van der Waals surface area contributed by atoms with Crippen LogP contribution in [0.25, 0.3) is 17.1 Å². The van der Waals surface area contributed by atoms with Crippen LogP contribution in [0.2, 0.25) is 5.02 Å². The second kappa shape index (κ2) is 9.39. The summed E-state index contributed by atoms with van der Waals surface area (Å²) in [7, 11) is 0. The van der Waals surface area contributed by atoms with Crippen molar-refractivity contribution in [2.24, 2.45) is 4.99 Å². The van der Waals surface area contributed by atoms with Crippen molar-refractivity contribution in [2.75, 3.05) is 11.1 Å². The fourth-order valence-corrected chi connectivity index (χ4v) is 4.73. The molecular weight excluding hydrogens is 495 g/mol. The van der Waals surface area contributed by atoms with E-state index in [1.54, 1.807) is 11.8 Å². The average molecular weight is 514 g/mol. The molecule has 5 nitrogen and oxygen atoms in total. The summed E-state index contributed by atoms with van der Waals surface area (Å²) in [6.07, 6.45) is -2.90. The van der Waals surface area contributed by atoms with E-state index >= 15 is 0 Å². The predicted octanol–water partition coefficient (Wildman–Crippen LogP) is 7.17. The molecule has 0 spiro atoms. The summed E-state index contributed by atoms with van der Waals surface area (Å²) in [6.45, 7) is 1.99. The summed E-state index contributed by atoms with van der Waals surface area (Å²) >= 11 is 7.79. The maximum Gasteiger partial charge on any atom is 0.416 e. The van der Waals surface area contributed by atoms with E-state index < -0.39 is 11.7 Å². The molecule has 1 aliphatic heterocycles. The average Bonchev–Trinajstić information content (AvgIpc) is 3.51. The number of aromatic nitrogens is 3. The minimum atomic E-state index is -4.37. The molecule has 35 heavy (non-hydrogen) atoms. The molecule has 2 heterocycles. The van der Waals surface area contributed by atoms with Gasteiger partial charge in [-0.25, -0.2) is 9.67 Å². The third kappa shape index (κ3) is 5.21. The van der Waals surface area contributed by atoms with E-state index in [9.17, 15) is 13.2 Å². The van der Waals surface area contributed by atoms with Gasteiger partial charge in [-0.3, -0.25) is 4.99 Å². The number of alkyl halides is 3. The van der Waals surface area contributed by atoms with Gasteiger partial charge in [-0.15, -0.1) is 5.10 Å². The predicted molar refractivity (Wildman–Crippen MR) is 134 cm³/mol. The van der Waals surface area contributed by atoms with Gasteiger partial charge in [-0.05, 0) is 72.6 Å². The molecule has 10 heteroatoms. The third-order valence-corrected chi connectivity index (χ3v) is 6.95. The topological polar surface area (TPSA) is 55.1 Å². The molecule has 0 bridgehead atoms. The van der Waals surface area contributed by atoms with E-state index in [1.807, 2.05) is 43.3 Å². The third-order valence-electron chi connectivity index (χ3n) is 5.56. The molecule has 0 amide bonds. The van der Waals surface area contributed by atoms with E-state index in [2.05, 4.69) is 21.5 Å². The quantitative estimate of drug-likeness (QED) is 0.314. The maximum atomic E-state index is 12.8. The number of rotatable bonds is 4. The summed E-state index contributed by atoms with van der Waals surface area (Å²) in [5.41, 5.74) is 3.64. The van der Waals surface area contributed by atoms with Crippen LogP contribution in [-0.2, 0) is 6.18 Å². The fraction of sp³-hybridized carbons (Fsp3) is 0.160. The van der Waals surface area contributed by atoms with Crippen molar-refractivity contribution in [3.63, 3.8) is 0 Å². The first kappa shape index (κ1) is 23.4. The van der Waals surface area contributed by atoms with E-state index in [0.717, 1.165) is 50.5 Å². The number of halogens is 4. The lowest BCUT2D eigenvalue weighted by Gasteiger charge is -2.08. The smallest absolute Gasteiger partial charge is 0.335 e. The zero-order valence-corrected chi connectivity index (χ0v) is 20.0. The molecule has 0 aliphatic carbocycles. The highest BCUT2D eigenvalue weighted by molar-refractivity contribution is 8.14. The van der Waals surface area contributed by atoms with Crippen LogP contribution >= 0.6 is 23.4 Å². The van der Waals surface area contributed by atoms with Gasteiger partial charge >= 0.3 is 6.18 Å². The van der Waals surface area contributed by atoms with E-state index in [1.165, 1.54) is 23.1 Å². The fourth-order valence-electron chi connectivity index (χ4n) is 3.64. The van der Waals surface area contributed by atoms with E-state index in [0.29, 0.717) is 11.5 Å². The zero-order chi connectivity index (χ0) is 24.6. The molecule has 1 unspecified atom stereocenters. The lowest BCUT2D eigenvalue weighted by atomic mass is 10.1. The second-order valence-corrected chi connectivity index (χ2v) is 9.45. The first-order chi connectivity index (χ1) is 16.8. The van der Waals surface area contributed by atoms with Gasteiger partial charge < -0.3 is 5.32 Å². The molecule has 0 saturated carbocycles. The van der Waals surface area contributed by atoms with Crippen molar-refractivity contribution in [3.8, 4) is 17.1 Å². The summed E-state index contributed by atoms with van der Waals surface area (Å²) in [5.74, 6) is 1.33. The van der Waals surface area contributed by atoms with Gasteiger partial charge in [-0.1, -0.05) is 35.5 Å². The number of nitrogens with one attached hydrogen (secondary N) is 1. The Morgan fingerprint density at radius 3 is 2.46 bits per heavy atom. The van der Waals surface area contributed by atoms with Gasteiger partial charge in [0.15, 0.2) is 11.0 Å². The number of nitrogens with zero attached hydrogens (tertiary/aromatic N) is 4. The van der Waals surface area contributed by atoms with Gasteiger partial charge in [0.1, 0.15) is 6.33 Å². The van der Waals surface area contributed by atoms with E-state index in [-0.39, 0.29) is 6.04 Å². The van der Waals surface area contributed by atoms with Crippen molar-refractivity contribution >= 4 is 34.2 Å². The van der Waals surface area contributed by atoms with Crippen LogP contribution in [0.15, 0.2) is 78.0 Å². The van der Waals surface area contributed by atoms with Crippen molar-refractivity contribution in [2.45, 2.75) is 19.1 Å². The largest absolute Gasteiger partial charge is 0.416 e. The molecule has 178 valence electrons. The minimum absolute atomic E-state index is 0.0797. The van der Waals surface area contributed by atoms with Crippen LogP contribution in [0.1, 0.15) is 22.7 Å². The summed E-state index contributed by atoms with van der Waals surface area (Å²) < 4.78 is 39.8. The van der Waals surface area contributed by atoms with Gasteiger partial charge in [-0.2, -0.15) is 13.2 Å². The van der Waals surface area contributed by atoms with Gasteiger partial charge in [0, 0.05) is 22.0 Å². The monoisotopic (exact) mass is 513 g/mol. The zero-order valence-electron chi connectivity index (χ0n) is 18.4. The number of aryl methyl sites for hydroxylation is 1. The molecule has 1 atom stereocenters. The molecule has 3 aromatic carbocycles. The lowest BCUT2D eigenvalue weighted by molar-refractivity contribution is -0.137. The maximum absolute atomic E-state index is 12.8. The van der Waals surface area contributed by atoms with Gasteiger partial charge in [0.25, 0.3) is 0 Å². The molecule has 4 aromatic rings. The summed E-state index contributed by atoms with van der Waals surface area (Å²) in [6, 6.07) is 18.5. The number of hydrogen-bond acceptors (Lipinski definition) is 5. The van der Waals surface area contributed by atoms with Crippen molar-refractivity contribution in [3.05, 3.63) is 94.8 Å². The van der Waals surface area contributed by atoms with Crippen LogP contribution in [-0.4, -0.2) is 25.7 Å². The van der Waals surface area contributed by atoms with Gasteiger partial charge in [0.05, 0.1) is 17.3 Å². The Balaban J connectivity index is 1.26. The highest BCUT2D eigenvalue weighted by Gasteiger charge is 2.30. The van der Waals surface area contributed by atoms with Gasteiger partial charge in [0.2, 0.25) is 0 Å². The molecular formula is C25H19ClF3N5S. The standard InChI is InChI=1S/C25H19ClF3N5S/c1-15-12-17(4-11-21(15)26)22-13-35-24(32-22)31-19-7-2-16(3-8-19)23-30-14-34(33-23)20-9-5-18(6-10-20)25(27,28)29/h2-12,14,22H,13H2,1H3,(H,31,32). The molecule has 1 aromatic heterocycles. The molecule has 5 rings (SSSR count). The first-order valence-electron chi connectivity index (χ1n) is 10.7. The van der Waals surface area contributed by atoms with Crippen molar-refractivity contribution in [1.82, 2.24) is 14.8 Å². The van der Waals surface area contributed by atoms with Crippen LogP contribution in [0.3, 0.4) is 0 Å². The highest BCUT2D eigenvalue weighted by Crippen LogP contribution is 2.33. The summed E-state index contributed by atoms with van der Waals surface area (Å²) in [4.78, 5) is 9.09. The number of thioether (sulfide) groups is 1. The molecule has 1 aliphatic rings. The Kier molecular flexibility index (Phi) is 6.29. The van der Waals surface area contributed by atoms with Crippen LogP contribution < -0.4 is 5.32 Å². The molecule has 0 saturated heterocycles. The van der Waals surface area contributed by atoms with Crippen LogP contribution in [0.4, 0.5) is 18.9 Å². The Morgan fingerprint density at radius 2 is 1.77 bits per heavy atom. The molecule has 0 radical (unpaired) electrons. The lowest BCUT2D eigenvalue weighted by Crippen LogP contribution is -2.05. The summed E-state index contributed by atoms with van der Waals surface area (Å²) in [5, 5.41) is 9.34. The normalized spacial score (nSPS) is 15.8. The van der Waals surface area contributed by atoms with E-state index in [4.69, 9.17) is 16.6 Å². The number of anilines is 1. The number of hydrogen-bond donors (Lipinski definition) is 1. The highest BCUT2D eigenvalue weighted by atomic mass is 35.5. The van der Waals surface area contributed by atoms with Crippen molar-refractivity contribution in [1.29, 1.82) is 0 Å². The molecule has 1 N–H and O–H groups in total. The Bertz CT molecular complexity index is 1380. The number of amidine groups is 1. The number of benzene rings is 3.